The van der Waals surface area contributed by atoms with Crippen molar-refractivity contribution in [2.24, 2.45) is 5.73 Å². The SMILES string of the molecule is COc1cc(C)c2c(=O)n(CCCN)ccc2c1. The van der Waals surface area contributed by atoms with E-state index in [1.165, 1.54) is 0 Å². The van der Waals surface area contributed by atoms with E-state index in [0.717, 1.165) is 28.5 Å². The summed E-state index contributed by atoms with van der Waals surface area (Å²) in [6.45, 7) is 3.18. The van der Waals surface area contributed by atoms with Gasteiger partial charge in [0.05, 0.1) is 12.5 Å². The molecule has 0 amide bonds. The number of aryl methyl sites for hydroxylation is 2. The molecule has 1 heterocycles. The molecule has 0 fully saturated rings. The molecule has 0 saturated heterocycles. The molecule has 2 N–H and O–H groups in total. The van der Waals surface area contributed by atoms with E-state index in [-0.39, 0.29) is 5.56 Å². The van der Waals surface area contributed by atoms with Gasteiger partial charge in [0.2, 0.25) is 0 Å². The van der Waals surface area contributed by atoms with Gasteiger partial charge in [-0.25, -0.2) is 0 Å². The summed E-state index contributed by atoms with van der Waals surface area (Å²) in [5.41, 5.74) is 6.46. The molecule has 1 aromatic carbocycles. The van der Waals surface area contributed by atoms with Crippen molar-refractivity contribution in [1.29, 1.82) is 0 Å². The Hall–Kier alpha value is -1.81. The Kier molecular flexibility index (Phi) is 3.67. The van der Waals surface area contributed by atoms with Gasteiger partial charge in [-0.15, -0.1) is 0 Å². The van der Waals surface area contributed by atoms with Crippen LogP contribution in [-0.4, -0.2) is 18.2 Å². The second-order valence-electron chi connectivity index (χ2n) is 4.37. The van der Waals surface area contributed by atoms with Crippen molar-refractivity contribution in [2.75, 3.05) is 13.7 Å². The molecular weight excluding hydrogens is 228 g/mol. The van der Waals surface area contributed by atoms with E-state index >= 15 is 0 Å². The van der Waals surface area contributed by atoms with Gasteiger partial charge >= 0.3 is 0 Å². The van der Waals surface area contributed by atoms with Gasteiger partial charge in [0.1, 0.15) is 5.75 Å². The molecular formula is C14H18N2O2. The number of hydrogen-bond acceptors (Lipinski definition) is 3. The zero-order valence-corrected chi connectivity index (χ0v) is 10.8. The van der Waals surface area contributed by atoms with Crippen LogP contribution in [0.2, 0.25) is 0 Å². The third-order valence-electron chi connectivity index (χ3n) is 3.09. The number of ether oxygens (including phenoxy) is 1. The summed E-state index contributed by atoms with van der Waals surface area (Å²) in [7, 11) is 1.63. The largest absolute Gasteiger partial charge is 0.497 e. The van der Waals surface area contributed by atoms with Crippen LogP contribution in [0.5, 0.6) is 5.75 Å². The maximum Gasteiger partial charge on any atom is 0.258 e. The summed E-state index contributed by atoms with van der Waals surface area (Å²) in [5, 5.41) is 1.68. The van der Waals surface area contributed by atoms with Gasteiger partial charge in [0, 0.05) is 12.7 Å². The van der Waals surface area contributed by atoms with E-state index in [2.05, 4.69) is 0 Å². The number of hydrogen-bond donors (Lipinski definition) is 1. The minimum Gasteiger partial charge on any atom is -0.497 e. The van der Waals surface area contributed by atoms with Crippen LogP contribution in [0, 0.1) is 6.92 Å². The van der Waals surface area contributed by atoms with Gasteiger partial charge in [-0.3, -0.25) is 4.79 Å². The van der Waals surface area contributed by atoms with Crippen LogP contribution >= 0.6 is 0 Å². The Balaban J connectivity index is 2.60. The van der Waals surface area contributed by atoms with Gasteiger partial charge in [-0.2, -0.15) is 0 Å². The third kappa shape index (κ3) is 2.24. The predicted molar refractivity (Wildman–Crippen MR) is 73.2 cm³/mol. The van der Waals surface area contributed by atoms with Gasteiger partial charge in [0.15, 0.2) is 0 Å². The molecule has 0 atom stereocenters. The van der Waals surface area contributed by atoms with E-state index in [1.807, 2.05) is 31.3 Å². The molecule has 0 saturated carbocycles. The molecule has 2 aromatic rings. The topological polar surface area (TPSA) is 57.2 Å². The van der Waals surface area contributed by atoms with Crippen LogP contribution in [0.25, 0.3) is 10.8 Å². The fourth-order valence-electron chi connectivity index (χ4n) is 2.14. The second kappa shape index (κ2) is 5.23. The lowest BCUT2D eigenvalue weighted by Gasteiger charge is -2.09. The summed E-state index contributed by atoms with van der Waals surface area (Å²) in [6, 6.07) is 5.72. The molecule has 0 aliphatic rings. The van der Waals surface area contributed by atoms with Crippen molar-refractivity contribution in [2.45, 2.75) is 19.9 Å². The lowest BCUT2D eigenvalue weighted by Crippen LogP contribution is -2.21. The summed E-state index contributed by atoms with van der Waals surface area (Å²) in [6.07, 6.45) is 2.62. The normalized spacial score (nSPS) is 10.8. The summed E-state index contributed by atoms with van der Waals surface area (Å²) < 4.78 is 6.93. The standard InChI is InChI=1S/C14H18N2O2/c1-10-8-12(18-2)9-11-4-7-16(6-3-5-15)14(17)13(10)11/h4,7-9H,3,5-6,15H2,1-2H3. The number of fused-ring (bicyclic) bond motifs is 1. The Morgan fingerprint density at radius 3 is 2.83 bits per heavy atom. The molecule has 0 unspecified atom stereocenters. The van der Waals surface area contributed by atoms with E-state index in [0.29, 0.717) is 13.1 Å². The Morgan fingerprint density at radius 2 is 2.17 bits per heavy atom. The number of aromatic nitrogens is 1. The first-order valence-corrected chi connectivity index (χ1v) is 6.05. The first-order valence-electron chi connectivity index (χ1n) is 6.05. The highest BCUT2D eigenvalue weighted by Gasteiger charge is 2.07. The maximum atomic E-state index is 12.3. The fourth-order valence-corrected chi connectivity index (χ4v) is 2.14. The van der Waals surface area contributed by atoms with E-state index in [4.69, 9.17) is 10.5 Å². The number of rotatable bonds is 4. The van der Waals surface area contributed by atoms with Gasteiger partial charge in [-0.1, -0.05) is 0 Å². The molecule has 18 heavy (non-hydrogen) atoms. The first-order chi connectivity index (χ1) is 8.67. The van der Waals surface area contributed by atoms with E-state index < -0.39 is 0 Å². The maximum absolute atomic E-state index is 12.3. The average molecular weight is 246 g/mol. The summed E-state index contributed by atoms with van der Waals surface area (Å²) in [5.74, 6) is 0.777. The smallest absolute Gasteiger partial charge is 0.258 e. The molecule has 0 bridgehead atoms. The minimum atomic E-state index is 0.0427. The highest BCUT2D eigenvalue weighted by molar-refractivity contribution is 5.86. The van der Waals surface area contributed by atoms with Crippen molar-refractivity contribution >= 4 is 10.8 Å². The Bertz CT molecular complexity index is 617. The number of benzene rings is 1. The highest BCUT2D eigenvalue weighted by Crippen LogP contribution is 2.22. The zero-order valence-electron chi connectivity index (χ0n) is 10.8. The first kappa shape index (κ1) is 12.6. The lowest BCUT2D eigenvalue weighted by atomic mass is 10.1. The number of methoxy groups -OCH3 is 1. The van der Waals surface area contributed by atoms with Crippen molar-refractivity contribution in [1.82, 2.24) is 4.57 Å². The lowest BCUT2D eigenvalue weighted by molar-refractivity contribution is 0.415. The quantitative estimate of drug-likeness (QED) is 0.892. The number of nitrogens with two attached hydrogens (primary N) is 1. The number of nitrogens with zero attached hydrogens (tertiary/aromatic N) is 1. The second-order valence-corrected chi connectivity index (χ2v) is 4.37. The van der Waals surface area contributed by atoms with Crippen molar-refractivity contribution in [3.63, 3.8) is 0 Å². The average Bonchev–Trinajstić information content (AvgIpc) is 2.37. The van der Waals surface area contributed by atoms with Crippen molar-refractivity contribution in [3.8, 4) is 5.75 Å². The predicted octanol–water partition coefficient (Wildman–Crippen LogP) is 1.67. The van der Waals surface area contributed by atoms with E-state index in [9.17, 15) is 4.79 Å². The number of pyridine rings is 1. The zero-order chi connectivity index (χ0) is 13.1. The molecule has 1 aromatic heterocycles. The molecule has 0 aliphatic carbocycles. The highest BCUT2D eigenvalue weighted by atomic mass is 16.5. The van der Waals surface area contributed by atoms with Crippen LogP contribution in [0.1, 0.15) is 12.0 Å². The van der Waals surface area contributed by atoms with Crippen molar-refractivity contribution in [3.05, 3.63) is 40.3 Å². The van der Waals surface area contributed by atoms with Crippen LogP contribution in [0.3, 0.4) is 0 Å². The monoisotopic (exact) mass is 246 g/mol. The Labute approximate surface area is 106 Å². The Morgan fingerprint density at radius 1 is 1.39 bits per heavy atom. The van der Waals surface area contributed by atoms with E-state index in [1.54, 1.807) is 11.7 Å². The molecule has 2 rings (SSSR count). The van der Waals surface area contributed by atoms with Crippen LogP contribution < -0.4 is 16.0 Å². The molecule has 96 valence electrons. The van der Waals surface area contributed by atoms with Gasteiger partial charge in [0.25, 0.3) is 5.56 Å². The van der Waals surface area contributed by atoms with Crippen molar-refractivity contribution < 1.29 is 4.74 Å². The van der Waals surface area contributed by atoms with Crippen LogP contribution in [0.4, 0.5) is 0 Å². The van der Waals surface area contributed by atoms with Gasteiger partial charge < -0.3 is 15.0 Å². The molecule has 4 nitrogen and oxygen atoms in total. The third-order valence-corrected chi connectivity index (χ3v) is 3.09. The minimum absolute atomic E-state index is 0.0427. The molecule has 0 radical (unpaired) electrons. The van der Waals surface area contributed by atoms with Crippen LogP contribution in [0.15, 0.2) is 29.2 Å². The fraction of sp³-hybridized carbons (Fsp3) is 0.357. The molecule has 0 aliphatic heterocycles. The summed E-state index contributed by atoms with van der Waals surface area (Å²) in [4.78, 5) is 12.3. The molecule has 4 heteroatoms. The van der Waals surface area contributed by atoms with Crippen LogP contribution in [-0.2, 0) is 6.54 Å². The molecule has 0 spiro atoms. The summed E-state index contributed by atoms with van der Waals surface area (Å²) >= 11 is 0. The van der Waals surface area contributed by atoms with Gasteiger partial charge in [-0.05, 0) is 49.0 Å².